The molecule has 0 aliphatic rings. The zero-order valence-corrected chi connectivity index (χ0v) is 14.3. The van der Waals surface area contributed by atoms with Crippen molar-refractivity contribution in [3.8, 4) is 0 Å². The summed E-state index contributed by atoms with van der Waals surface area (Å²) in [6.45, 7) is 1.86. The zero-order chi connectivity index (χ0) is 15.4. The molecule has 3 nitrogen and oxygen atoms in total. The van der Waals surface area contributed by atoms with E-state index in [9.17, 15) is 4.79 Å². The van der Waals surface area contributed by atoms with Crippen LogP contribution in [0.3, 0.4) is 0 Å². The lowest BCUT2D eigenvalue weighted by Crippen LogP contribution is -2.31. The summed E-state index contributed by atoms with van der Waals surface area (Å²) in [4.78, 5) is 12.0. The average Bonchev–Trinajstić information content (AvgIpc) is 2.38. The molecule has 0 aliphatic heterocycles. The number of benzene rings is 2. The van der Waals surface area contributed by atoms with E-state index in [1.807, 2.05) is 31.2 Å². The van der Waals surface area contributed by atoms with Gasteiger partial charge in [-0.05, 0) is 42.8 Å². The van der Waals surface area contributed by atoms with Gasteiger partial charge in [0.15, 0.2) is 0 Å². The summed E-state index contributed by atoms with van der Waals surface area (Å²) in [5, 5.41) is 6.69. The topological polar surface area (TPSA) is 41.1 Å². The molecule has 6 heteroatoms. The molecule has 0 heterocycles. The molecule has 0 aromatic heterocycles. The Labute approximate surface area is 141 Å². The molecule has 2 N–H and O–H groups in total. The number of halogens is 3. The van der Waals surface area contributed by atoms with Crippen molar-refractivity contribution in [2.45, 2.75) is 13.0 Å². The first-order valence-corrected chi connectivity index (χ1v) is 7.78. The van der Waals surface area contributed by atoms with E-state index >= 15 is 0 Å². The van der Waals surface area contributed by atoms with Gasteiger partial charge in [-0.25, -0.2) is 4.79 Å². The van der Waals surface area contributed by atoms with Crippen LogP contribution in [0.2, 0.25) is 10.0 Å². The van der Waals surface area contributed by atoms with Gasteiger partial charge >= 0.3 is 6.03 Å². The number of carbonyl (C=O) groups excluding carboxylic acids is 1. The minimum absolute atomic E-state index is 0.234. The fourth-order valence-electron chi connectivity index (χ4n) is 1.86. The number of hydrogen-bond donors (Lipinski definition) is 2. The molecule has 0 spiro atoms. The van der Waals surface area contributed by atoms with E-state index in [-0.39, 0.29) is 12.1 Å². The second-order valence-corrected chi connectivity index (χ2v) is 6.26. The quantitative estimate of drug-likeness (QED) is 0.702. The first kappa shape index (κ1) is 16.1. The van der Waals surface area contributed by atoms with Gasteiger partial charge in [0.1, 0.15) is 0 Å². The maximum Gasteiger partial charge on any atom is 0.319 e. The molecule has 21 heavy (non-hydrogen) atoms. The van der Waals surface area contributed by atoms with E-state index in [4.69, 9.17) is 23.2 Å². The predicted molar refractivity (Wildman–Crippen MR) is 91.2 cm³/mol. The summed E-state index contributed by atoms with van der Waals surface area (Å²) in [5.74, 6) is 0. The number of hydrogen-bond acceptors (Lipinski definition) is 1. The van der Waals surface area contributed by atoms with Crippen molar-refractivity contribution < 1.29 is 4.79 Å². The van der Waals surface area contributed by atoms with Crippen LogP contribution in [0.1, 0.15) is 18.5 Å². The van der Waals surface area contributed by atoms with Gasteiger partial charge in [0.2, 0.25) is 0 Å². The molecule has 0 saturated carbocycles. The maximum absolute atomic E-state index is 12.0. The SMILES string of the molecule is CC(NC(=O)Nc1cccc(Br)c1)c1ccc(Cl)cc1Cl. The number of anilines is 1. The Hall–Kier alpha value is -1.23. The lowest BCUT2D eigenvalue weighted by atomic mass is 10.1. The molecule has 2 aromatic rings. The van der Waals surface area contributed by atoms with Gasteiger partial charge < -0.3 is 10.6 Å². The minimum Gasteiger partial charge on any atom is -0.331 e. The Morgan fingerprint density at radius 2 is 1.95 bits per heavy atom. The second-order valence-electron chi connectivity index (χ2n) is 4.50. The van der Waals surface area contributed by atoms with E-state index in [0.29, 0.717) is 15.7 Å². The predicted octanol–water partition coefficient (Wildman–Crippen LogP) is 5.64. The Bertz CT molecular complexity index is 664. The third-order valence-corrected chi connectivity index (χ3v) is 3.91. The summed E-state index contributed by atoms with van der Waals surface area (Å²) in [6, 6.07) is 12.0. The van der Waals surface area contributed by atoms with Crippen molar-refractivity contribution >= 4 is 50.9 Å². The Morgan fingerprint density at radius 1 is 1.19 bits per heavy atom. The highest BCUT2D eigenvalue weighted by Crippen LogP contribution is 2.26. The fraction of sp³-hybridized carbons (Fsp3) is 0.133. The lowest BCUT2D eigenvalue weighted by molar-refractivity contribution is 0.249. The van der Waals surface area contributed by atoms with Gasteiger partial charge in [-0.1, -0.05) is 51.3 Å². The molecule has 1 atom stereocenters. The summed E-state index contributed by atoms with van der Waals surface area (Å²) < 4.78 is 0.897. The van der Waals surface area contributed by atoms with E-state index in [1.165, 1.54) is 0 Å². The molecule has 2 amide bonds. The number of carbonyl (C=O) groups is 1. The smallest absolute Gasteiger partial charge is 0.319 e. The van der Waals surface area contributed by atoms with Crippen LogP contribution in [0.25, 0.3) is 0 Å². The molecule has 0 fully saturated rings. The first-order chi connectivity index (χ1) is 9.95. The first-order valence-electron chi connectivity index (χ1n) is 6.24. The van der Waals surface area contributed by atoms with Gasteiger partial charge in [-0.3, -0.25) is 0 Å². The molecule has 0 radical (unpaired) electrons. The van der Waals surface area contributed by atoms with Gasteiger partial charge in [0.25, 0.3) is 0 Å². The van der Waals surface area contributed by atoms with E-state index in [2.05, 4.69) is 26.6 Å². The van der Waals surface area contributed by atoms with Crippen LogP contribution in [0.5, 0.6) is 0 Å². The van der Waals surface area contributed by atoms with E-state index < -0.39 is 0 Å². The Kier molecular flexibility index (Phi) is 5.51. The summed E-state index contributed by atoms with van der Waals surface area (Å²) in [7, 11) is 0. The van der Waals surface area contributed by atoms with Crippen molar-refractivity contribution in [1.82, 2.24) is 5.32 Å². The van der Waals surface area contributed by atoms with Crippen LogP contribution in [-0.2, 0) is 0 Å². The van der Waals surface area contributed by atoms with Gasteiger partial charge in [0, 0.05) is 20.2 Å². The largest absolute Gasteiger partial charge is 0.331 e. The highest BCUT2D eigenvalue weighted by Gasteiger charge is 2.13. The average molecular weight is 388 g/mol. The van der Waals surface area contributed by atoms with Crippen molar-refractivity contribution in [2.24, 2.45) is 0 Å². The van der Waals surface area contributed by atoms with Crippen LogP contribution in [0, 0.1) is 0 Å². The lowest BCUT2D eigenvalue weighted by Gasteiger charge is -2.16. The molecule has 2 aromatic carbocycles. The monoisotopic (exact) mass is 386 g/mol. The highest BCUT2D eigenvalue weighted by atomic mass is 79.9. The number of urea groups is 1. The highest BCUT2D eigenvalue weighted by molar-refractivity contribution is 9.10. The molecule has 1 unspecified atom stereocenters. The maximum atomic E-state index is 12.0. The van der Waals surface area contributed by atoms with Crippen LogP contribution >= 0.6 is 39.1 Å². The number of rotatable bonds is 3. The molecule has 0 bridgehead atoms. The van der Waals surface area contributed by atoms with Crippen LogP contribution in [0.15, 0.2) is 46.9 Å². The summed E-state index contributed by atoms with van der Waals surface area (Å²) >= 11 is 15.3. The number of amides is 2. The van der Waals surface area contributed by atoms with Gasteiger partial charge in [0.05, 0.1) is 6.04 Å². The molecule has 2 rings (SSSR count). The van der Waals surface area contributed by atoms with Crippen molar-refractivity contribution in [3.63, 3.8) is 0 Å². The van der Waals surface area contributed by atoms with Crippen molar-refractivity contribution in [3.05, 3.63) is 62.5 Å². The molecule has 0 aliphatic carbocycles. The molecule has 110 valence electrons. The second kappa shape index (κ2) is 7.16. The van der Waals surface area contributed by atoms with Crippen LogP contribution in [-0.4, -0.2) is 6.03 Å². The van der Waals surface area contributed by atoms with Crippen molar-refractivity contribution in [2.75, 3.05) is 5.32 Å². The van der Waals surface area contributed by atoms with E-state index in [0.717, 1.165) is 10.0 Å². The third kappa shape index (κ3) is 4.63. The normalized spacial score (nSPS) is 11.8. The standard InChI is InChI=1S/C15H13BrCl2N2O/c1-9(13-6-5-11(17)8-14(13)18)19-15(21)20-12-4-2-3-10(16)7-12/h2-9H,1H3,(H2,19,20,21). The molecule has 0 saturated heterocycles. The Balaban J connectivity index is 2.02. The third-order valence-electron chi connectivity index (χ3n) is 2.86. The minimum atomic E-state index is -0.299. The zero-order valence-electron chi connectivity index (χ0n) is 11.2. The van der Waals surface area contributed by atoms with Crippen LogP contribution < -0.4 is 10.6 Å². The molecular weight excluding hydrogens is 375 g/mol. The summed E-state index contributed by atoms with van der Waals surface area (Å²) in [6.07, 6.45) is 0. The fourth-order valence-corrected chi connectivity index (χ4v) is 2.83. The Morgan fingerprint density at radius 3 is 2.62 bits per heavy atom. The van der Waals surface area contributed by atoms with Gasteiger partial charge in [-0.2, -0.15) is 0 Å². The number of nitrogens with one attached hydrogen (secondary N) is 2. The van der Waals surface area contributed by atoms with Gasteiger partial charge in [-0.15, -0.1) is 0 Å². The molecular formula is C15H13BrCl2N2O. The van der Waals surface area contributed by atoms with Crippen molar-refractivity contribution in [1.29, 1.82) is 0 Å². The van der Waals surface area contributed by atoms with Crippen LogP contribution in [0.4, 0.5) is 10.5 Å². The summed E-state index contributed by atoms with van der Waals surface area (Å²) in [5.41, 5.74) is 1.52. The van der Waals surface area contributed by atoms with E-state index in [1.54, 1.807) is 18.2 Å².